The molecule has 31 heavy (non-hydrogen) atoms. The number of benzene rings is 2. The van der Waals surface area contributed by atoms with Gasteiger partial charge in [-0.3, -0.25) is 4.57 Å². The summed E-state index contributed by atoms with van der Waals surface area (Å²) in [7, 11) is 1.73. The van der Waals surface area contributed by atoms with E-state index < -0.39 is 11.6 Å². The van der Waals surface area contributed by atoms with Crippen molar-refractivity contribution in [2.45, 2.75) is 45.3 Å². The molecule has 0 atom stereocenters. The number of ether oxygens (including phenoxy) is 1. The Balaban J connectivity index is 1.58. The van der Waals surface area contributed by atoms with Gasteiger partial charge in [0.25, 0.3) is 0 Å². The third-order valence-electron chi connectivity index (χ3n) is 5.03. The summed E-state index contributed by atoms with van der Waals surface area (Å²) in [6, 6.07) is 14.8. The first-order valence-corrected chi connectivity index (χ1v) is 10.4. The Bertz CT molecular complexity index is 1120. The Kier molecular flexibility index (Phi) is 6.85. The standard InChI is InChI=1S/C23H26ClN3O4/c1-23(2,21(28)29)31-19-12-10-16(11-13-19)6-5-9-20-25-27(22(30)26(20)3)15-17-7-4-8-18(24)14-17/h4,7-8,10-14H,5-6,9,15H2,1-3H3,(H,28,29). The molecule has 0 amide bonds. The second-order valence-electron chi connectivity index (χ2n) is 7.96. The molecule has 3 rings (SSSR count). The van der Waals surface area contributed by atoms with Crippen LogP contribution in [-0.2, 0) is 31.2 Å². The fraction of sp³-hybridized carbons (Fsp3) is 0.348. The lowest BCUT2D eigenvalue weighted by molar-refractivity contribution is -0.152. The van der Waals surface area contributed by atoms with E-state index in [1.807, 2.05) is 30.3 Å². The second kappa shape index (κ2) is 9.39. The van der Waals surface area contributed by atoms with Gasteiger partial charge in [-0.1, -0.05) is 35.9 Å². The van der Waals surface area contributed by atoms with E-state index in [-0.39, 0.29) is 5.69 Å². The molecular weight excluding hydrogens is 418 g/mol. The van der Waals surface area contributed by atoms with Crippen molar-refractivity contribution in [3.8, 4) is 5.75 Å². The molecule has 0 unspecified atom stereocenters. The van der Waals surface area contributed by atoms with Crippen molar-refractivity contribution >= 4 is 17.6 Å². The molecule has 1 heterocycles. The summed E-state index contributed by atoms with van der Waals surface area (Å²) in [5.74, 6) is 0.227. The van der Waals surface area contributed by atoms with Crippen LogP contribution in [-0.4, -0.2) is 31.0 Å². The van der Waals surface area contributed by atoms with Gasteiger partial charge in [-0.05, 0) is 62.1 Å². The highest BCUT2D eigenvalue weighted by molar-refractivity contribution is 6.30. The Labute approximate surface area is 185 Å². The van der Waals surface area contributed by atoms with Crippen LogP contribution in [0.5, 0.6) is 5.75 Å². The van der Waals surface area contributed by atoms with Crippen molar-refractivity contribution < 1.29 is 14.6 Å². The molecule has 0 saturated carbocycles. The summed E-state index contributed by atoms with van der Waals surface area (Å²) < 4.78 is 8.56. The van der Waals surface area contributed by atoms with E-state index in [4.69, 9.17) is 21.4 Å². The highest BCUT2D eigenvalue weighted by Crippen LogP contribution is 2.20. The smallest absolute Gasteiger partial charge is 0.347 e. The number of hydrogen-bond acceptors (Lipinski definition) is 4. The first-order chi connectivity index (χ1) is 14.7. The summed E-state index contributed by atoms with van der Waals surface area (Å²) in [6.07, 6.45) is 2.29. The molecule has 1 N–H and O–H groups in total. The predicted molar refractivity (Wildman–Crippen MR) is 119 cm³/mol. The number of nitrogens with zero attached hydrogens (tertiary/aromatic N) is 3. The van der Waals surface area contributed by atoms with Gasteiger partial charge in [-0.25, -0.2) is 14.3 Å². The third kappa shape index (κ3) is 5.76. The lowest BCUT2D eigenvalue weighted by Gasteiger charge is -2.21. The molecule has 0 bridgehead atoms. The fourth-order valence-electron chi connectivity index (χ4n) is 3.17. The number of hydrogen-bond donors (Lipinski definition) is 1. The molecule has 0 saturated heterocycles. The summed E-state index contributed by atoms with van der Waals surface area (Å²) in [4.78, 5) is 23.7. The first kappa shape index (κ1) is 22.6. The zero-order valence-electron chi connectivity index (χ0n) is 17.8. The van der Waals surface area contributed by atoms with Crippen molar-refractivity contribution in [1.82, 2.24) is 14.3 Å². The molecule has 3 aromatic rings. The monoisotopic (exact) mass is 443 g/mol. The Morgan fingerprint density at radius 1 is 1.13 bits per heavy atom. The van der Waals surface area contributed by atoms with Crippen LogP contribution in [0.15, 0.2) is 53.3 Å². The van der Waals surface area contributed by atoms with Gasteiger partial charge in [0.05, 0.1) is 6.54 Å². The van der Waals surface area contributed by atoms with Crippen LogP contribution in [0.4, 0.5) is 0 Å². The van der Waals surface area contributed by atoms with Gasteiger partial charge in [0.2, 0.25) is 0 Å². The number of halogens is 1. The van der Waals surface area contributed by atoms with Crippen LogP contribution in [0.1, 0.15) is 37.2 Å². The van der Waals surface area contributed by atoms with Crippen LogP contribution in [0.25, 0.3) is 0 Å². The van der Waals surface area contributed by atoms with Crippen molar-refractivity contribution in [2.24, 2.45) is 7.05 Å². The summed E-state index contributed by atoms with van der Waals surface area (Å²) in [5.41, 5.74) is 0.588. The lowest BCUT2D eigenvalue weighted by atomic mass is 10.1. The van der Waals surface area contributed by atoms with Gasteiger partial charge in [-0.2, -0.15) is 5.10 Å². The molecule has 0 fully saturated rings. The largest absolute Gasteiger partial charge is 0.478 e. The second-order valence-corrected chi connectivity index (χ2v) is 8.40. The molecule has 1 aromatic heterocycles. The van der Waals surface area contributed by atoms with Gasteiger partial charge in [-0.15, -0.1) is 0 Å². The van der Waals surface area contributed by atoms with Crippen molar-refractivity contribution in [2.75, 3.05) is 0 Å². The number of carboxylic acid groups (broad SMARTS) is 1. The van der Waals surface area contributed by atoms with Gasteiger partial charge >= 0.3 is 11.7 Å². The molecule has 7 nitrogen and oxygen atoms in total. The molecule has 0 spiro atoms. The lowest BCUT2D eigenvalue weighted by Crippen LogP contribution is -2.37. The van der Waals surface area contributed by atoms with Crippen molar-refractivity contribution in [3.63, 3.8) is 0 Å². The van der Waals surface area contributed by atoms with Gasteiger partial charge in [0, 0.05) is 18.5 Å². The average molecular weight is 444 g/mol. The summed E-state index contributed by atoms with van der Waals surface area (Å²) in [6.45, 7) is 3.40. The molecule has 164 valence electrons. The highest BCUT2D eigenvalue weighted by Gasteiger charge is 2.29. The average Bonchev–Trinajstić information content (AvgIpc) is 2.97. The molecule has 0 aliphatic rings. The van der Waals surface area contributed by atoms with Crippen LogP contribution >= 0.6 is 11.6 Å². The molecule has 8 heteroatoms. The minimum absolute atomic E-state index is 0.155. The Morgan fingerprint density at radius 2 is 1.84 bits per heavy atom. The first-order valence-electron chi connectivity index (χ1n) is 10.0. The zero-order valence-corrected chi connectivity index (χ0v) is 18.6. The number of aliphatic carboxylic acids is 1. The van der Waals surface area contributed by atoms with E-state index in [9.17, 15) is 9.59 Å². The topological polar surface area (TPSA) is 86.3 Å². The number of carbonyl (C=O) groups is 1. The van der Waals surface area contributed by atoms with Crippen LogP contribution in [0, 0.1) is 0 Å². The maximum Gasteiger partial charge on any atom is 0.347 e. The van der Waals surface area contributed by atoms with E-state index in [0.29, 0.717) is 23.7 Å². The van der Waals surface area contributed by atoms with E-state index in [2.05, 4.69) is 5.10 Å². The Morgan fingerprint density at radius 3 is 2.48 bits per heavy atom. The van der Waals surface area contributed by atoms with Gasteiger partial charge in [0.15, 0.2) is 5.60 Å². The number of aromatic nitrogens is 3. The Hall–Kier alpha value is -3.06. The highest BCUT2D eigenvalue weighted by atomic mass is 35.5. The van der Waals surface area contributed by atoms with Crippen LogP contribution < -0.4 is 10.4 Å². The molecule has 0 aliphatic carbocycles. The third-order valence-corrected chi connectivity index (χ3v) is 5.26. The quantitative estimate of drug-likeness (QED) is 0.545. The van der Waals surface area contributed by atoms with Gasteiger partial charge in [0.1, 0.15) is 11.6 Å². The zero-order chi connectivity index (χ0) is 22.6. The summed E-state index contributed by atoms with van der Waals surface area (Å²) in [5, 5.41) is 14.3. The van der Waals surface area contributed by atoms with Crippen LogP contribution in [0.3, 0.4) is 0 Å². The SMILES string of the molecule is Cn1c(CCCc2ccc(OC(C)(C)C(=O)O)cc2)nn(Cc2cccc(Cl)c2)c1=O. The van der Waals surface area contributed by atoms with Crippen LogP contribution in [0.2, 0.25) is 5.02 Å². The number of aryl methyl sites for hydroxylation is 2. The maximum atomic E-state index is 12.5. The molecule has 0 radical (unpaired) electrons. The number of carboxylic acids is 1. The van der Waals surface area contributed by atoms with Crippen molar-refractivity contribution in [3.05, 3.63) is 81.0 Å². The van der Waals surface area contributed by atoms with E-state index in [0.717, 1.165) is 29.8 Å². The van der Waals surface area contributed by atoms with Gasteiger partial charge < -0.3 is 9.84 Å². The van der Waals surface area contributed by atoms with E-state index >= 15 is 0 Å². The van der Waals surface area contributed by atoms with Crippen molar-refractivity contribution in [1.29, 1.82) is 0 Å². The number of rotatable bonds is 9. The normalized spacial score (nSPS) is 11.5. The predicted octanol–water partition coefficient (Wildman–Crippen LogP) is 3.70. The van der Waals surface area contributed by atoms with E-state index in [1.165, 1.54) is 18.5 Å². The molecule has 0 aliphatic heterocycles. The molecule has 2 aromatic carbocycles. The minimum Gasteiger partial charge on any atom is -0.478 e. The van der Waals surface area contributed by atoms with E-state index in [1.54, 1.807) is 29.8 Å². The summed E-state index contributed by atoms with van der Waals surface area (Å²) >= 11 is 6.02. The fourth-order valence-corrected chi connectivity index (χ4v) is 3.39. The maximum absolute atomic E-state index is 12.5. The molecular formula is C23H26ClN3O4. The minimum atomic E-state index is -1.28.